The summed E-state index contributed by atoms with van der Waals surface area (Å²) >= 11 is 0. The number of ether oxygens (including phenoxy) is 1. The number of aromatic nitrogens is 2. The van der Waals surface area contributed by atoms with E-state index in [2.05, 4.69) is 24.3 Å². The van der Waals surface area contributed by atoms with Crippen molar-refractivity contribution >= 4 is 11.7 Å². The minimum absolute atomic E-state index is 0.0148. The largest absolute Gasteiger partial charge is 0.494 e. The average Bonchev–Trinajstić information content (AvgIpc) is 2.91. The van der Waals surface area contributed by atoms with E-state index in [1.165, 1.54) is 0 Å². The number of nitrogens with zero attached hydrogens (tertiary/aromatic N) is 2. The molecular formula is C17H21N3O2. The quantitative estimate of drug-likeness (QED) is 0.942. The molecule has 1 unspecified atom stereocenters. The van der Waals surface area contributed by atoms with Crippen LogP contribution in [0, 0.1) is 0 Å². The fourth-order valence-corrected chi connectivity index (χ4v) is 2.96. The number of rotatable bonds is 4. The number of carbonyl (C=O) groups excluding carboxylic acids is 1. The van der Waals surface area contributed by atoms with Crippen LogP contribution in [0.2, 0.25) is 0 Å². The smallest absolute Gasteiger partial charge is 0.226 e. The first-order valence-corrected chi connectivity index (χ1v) is 7.70. The first kappa shape index (κ1) is 14.6. The maximum absolute atomic E-state index is 12.2. The highest BCUT2D eigenvalue weighted by Gasteiger charge is 2.31. The van der Waals surface area contributed by atoms with Crippen LogP contribution in [-0.2, 0) is 4.79 Å². The predicted molar refractivity (Wildman–Crippen MR) is 85.3 cm³/mol. The lowest BCUT2D eigenvalue weighted by Crippen LogP contribution is -2.25. The number of amides is 1. The molecule has 3 rings (SSSR count). The van der Waals surface area contributed by atoms with Crippen LogP contribution in [0.5, 0.6) is 5.75 Å². The van der Waals surface area contributed by atoms with Crippen molar-refractivity contribution in [1.29, 1.82) is 0 Å². The number of hydrogen-bond acceptors (Lipinski definition) is 3. The third kappa shape index (κ3) is 2.47. The number of hydrogen-bond donors (Lipinski definition) is 1. The first-order valence-electron chi connectivity index (χ1n) is 7.70. The van der Waals surface area contributed by atoms with Gasteiger partial charge in [0.1, 0.15) is 11.6 Å². The van der Waals surface area contributed by atoms with Gasteiger partial charge in [-0.3, -0.25) is 4.79 Å². The Balaban J connectivity index is 2.08. The number of anilines is 1. The highest BCUT2D eigenvalue weighted by Crippen LogP contribution is 2.41. The van der Waals surface area contributed by atoms with Crippen LogP contribution in [0.4, 0.5) is 5.82 Å². The summed E-state index contributed by atoms with van der Waals surface area (Å²) in [5, 5.41) is 7.41. The number of nitrogens with one attached hydrogen (secondary N) is 1. The second-order valence-electron chi connectivity index (χ2n) is 5.76. The van der Waals surface area contributed by atoms with E-state index in [4.69, 9.17) is 4.74 Å². The van der Waals surface area contributed by atoms with E-state index in [0.717, 1.165) is 22.7 Å². The van der Waals surface area contributed by atoms with Crippen LogP contribution < -0.4 is 10.1 Å². The molecule has 0 spiro atoms. The van der Waals surface area contributed by atoms with E-state index >= 15 is 0 Å². The molecule has 0 saturated heterocycles. The highest BCUT2D eigenvalue weighted by molar-refractivity contribution is 5.94. The van der Waals surface area contributed by atoms with Crippen LogP contribution in [-0.4, -0.2) is 22.3 Å². The zero-order chi connectivity index (χ0) is 15.7. The number of para-hydroxylation sites is 1. The van der Waals surface area contributed by atoms with Gasteiger partial charge in [-0.25, -0.2) is 4.68 Å². The zero-order valence-corrected chi connectivity index (χ0v) is 13.2. The summed E-state index contributed by atoms with van der Waals surface area (Å²) in [7, 11) is 0. The summed E-state index contributed by atoms with van der Waals surface area (Å²) in [4.78, 5) is 12.2. The molecule has 0 fully saturated rings. The lowest BCUT2D eigenvalue weighted by Gasteiger charge is -2.25. The van der Waals surface area contributed by atoms with E-state index in [0.29, 0.717) is 13.0 Å². The van der Waals surface area contributed by atoms with E-state index in [1.54, 1.807) is 0 Å². The van der Waals surface area contributed by atoms with Crippen LogP contribution in [0.3, 0.4) is 0 Å². The van der Waals surface area contributed by atoms with Gasteiger partial charge in [0, 0.05) is 29.5 Å². The Hall–Kier alpha value is -2.30. The molecule has 1 aliphatic rings. The van der Waals surface area contributed by atoms with Crippen molar-refractivity contribution in [3.63, 3.8) is 0 Å². The Kier molecular flexibility index (Phi) is 3.88. The van der Waals surface area contributed by atoms with Crippen molar-refractivity contribution in [3.05, 3.63) is 41.6 Å². The highest BCUT2D eigenvalue weighted by atomic mass is 16.5. The molecule has 116 valence electrons. The molecule has 1 N–H and O–H groups in total. The molecule has 1 aromatic heterocycles. The molecule has 1 atom stereocenters. The fourth-order valence-electron chi connectivity index (χ4n) is 2.96. The predicted octanol–water partition coefficient (Wildman–Crippen LogP) is 3.34. The molecule has 5 nitrogen and oxygen atoms in total. The Morgan fingerprint density at radius 1 is 1.36 bits per heavy atom. The number of carbonyl (C=O) groups is 1. The van der Waals surface area contributed by atoms with Crippen LogP contribution >= 0.6 is 0 Å². The fraction of sp³-hybridized carbons (Fsp3) is 0.412. The third-order valence-electron chi connectivity index (χ3n) is 3.93. The van der Waals surface area contributed by atoms with Crippen molar-refractivity contribution in [3.8, 4) is 5.75 Å². The second-order valence-corrected chi connectivity index (χ2v) is 5.76. The van der Waals surface area contributed by atoms with Crippen molar-refractivity contribution in [1.82, 2.24) is 9.78 Å². The van der Waals surface area contributed by atoms with Crippen LogP contribution in [0.25, 0.3) is 0 Å². The summed E-state index contributed by atoms with van der Waals surface area (Å²) < 4.78 is 7.60. The van der Waals surface area contributed by atoms with Gasteiger partial charge in [-0.05, 0) is 26.8 Å². The summed E-state index contributed by atoms with van der Waals surface area (Å²) in [6.45, 7) is 6.68. The molecule has 0 aliphatic carbocycles. The third-order valence-corrected chi connectivity index (χ3v) is 3.93. The van der Waals surface area contributed by atoms with Gasteiger partial charge in [-0.1, -0.05) is 18.2 Å². The molecule has 22 heavy (non-hydrogen) atoms. The van der Waals surface area contributed by atoms with Crippen molar-refractivity contribution in [2.75, 3.05) is 11.9 Å². The standard InChI is InChI=1S/C17H21N3O2/c1-4-22-15-8-6-5-7-12(15)13-9-16(21)19-17-14(13)10-18-20(17)11(2)3/h5-8,10-11,13H,4,9H2,1-3H3,(H,19,21). The molecule has 0 radical (unpaired) electrons. The molecule has 2 heterocycles. The lowest BCUT2D eigenvalue weighted by atomic mass is 9.87. The van der Waals surface area contributed by atoms with E-state index < -0.39 is 0 Å². The molecular weight excluding hydrogens is 278 g/mol. The Bertz CT molecular complexity index is 691. The maximum atomic E-state index is 12.2. The van der Waals surface area contributed by atoms with Gasteiger partial charge in [-0.2, -0.15) is 5.10 Å². The Labute approximate surface area is 130 Å². The summed E-state index contributed by atoms with van der Waals surface area (Å²) in [5.41, 5.74) is 2.10. The van der Waals surface area contributed by atoms with Gasteiger partial charge >= 0.3 is 0 Å². The molecule has 1 amide bonds. The minimum atomic E-state index is -0.0148. The zero-order valence-electron chi connectivity index (χ0n) is 13.2. The second kappa shape index (κ2) is 5.83. The normalized spacial score (nSPS) is 17.3. The monoisotopic (exact) mass is 299 g/mol. The van der Waals surface area contributed by atoms with Gasteiger partial charge < -0.3 is 10.1 Å². The van der Waals surface area contributed by atoms with Gasteiger partial charge in [0.2, 0.25) is 5.91 Å². The van der Waals surface area contributed by atoms with Gasteiger partial charge in [0.05, 0.1) is 12.8 Å². The van der Waals surface area contributed by atoms with Gasteiger partial charge in [0.15, 0.2) is 0 Å². The van der Waals surface area contributed by atoms with E-state index in [1.807, 2.05) is 42.1 Å². The molecule has 1 aromatic carbocycles. The molecule has 0 bridgehead atoms. The van der Waals surface area contributed by atoms with Crippen molar-refractivity contribution < 1.29 is 9.53 Å². The van der Waals surface area contributed by atoms with Crippen LogP contribution in [0.15, 0.2) is 30.5 Å². The van der Waals surface area contributed by atoms with Crippen LogP contribution in [0.1, 0.15) is 50.3 Å². The summed E-state index contributed by atoms with van der Waals surface area (Å²) in [6.07, 6.45) is 2.28. The minimum Gasteiger partial charge on any atom is -0.494 e. The summed E-state index contributed by atoms with van der Waals surface area (Å²) in [5.74, 6) is 1.65. The Morgan fingerprint density at radius 2 is 2.14 bits per heavy atom. The van der Waals surface area contributed by atoms with E-state index in [9.17, 15) is 4.79 Å². The lowest BCUT2D eigenvalue weighted by molar-refractivity contribution is -0.116. The topological polar surface area (TPSA) is 56.1 Å². The van der Waals surface area contributed by atoms with E-state index in [-0.39, 0.29) is 17.9 Å². The molecule has 0 saturated carbocycles. The number of fused-ring (bicyclic) bond motifs is 1. The number of benzene rings is 1. The maximum Gasteiger partial charge on any atom is 0.226 e. The molecule has 2 aromatic rings. The summed E-state index contributed by atoms with van der Waals surface area (Å²) in [6, 6.07) is 8.12. The van der Waals surface area contributed by atoms with Gasteiger partial charge in [-0.15, -0.1) is 0 Å². The van der Waals surface area contributed by atoms with Gasteiger partial charge in [0.25, 0.3) is 0 Å². The molecule has 5 heteroatoms. The average molecular weight is 299 g/mol. The molecule has 1 aliphatic heterocycles. The van der Waals surface area contributed by atoms with Crippen molar-refractivity contribution in [2.45, 2.75) is 39.2 Å². The SMILES string of the molecule is CCOc1ccccc1C1CC(=O)Nc2c1cnn2C(C)C. The Morgan fingerprint density at radius 3 is 2.86 bits per heavy atom. The first-order chi connectivity index (χ1) is 10.6. The van der Waals surface area contributed by atoms with Crippen molar-refractivity contribution in [2.24, 2.45) is 0 Å².